The van der Waals surface area contributed by atoms with Crippen molar-refractivity contribution >= 4 is 17.6 Å². The Morgan fingerprint density at radius 3 is 2.75 bits per heavy atom. The molecule has 16 heavy (non-hydrogen) atoms. The van der Waals surface area contributed by atoms with Crippen molar-refractivity contribution in [1.29, 1.82) is 0 Å². The minimum absolute atomic E-state index is 0.0426. The zero-order valence-electron chi connectivity index (χ0n) is 9.10. The van der Waals surface area contributed by atoms with Gasteiger partial charge in [-0.05, 0) is 0 Å². The van der Waals surface area contributed by atoms with Crippen molar-refractivity contribution in [3.63, 3.8) is 0 Å². The number of thiazole rings is 1. The van der Waals surface area contributed by atoms with Gasteiger partial charge in [0.05, 0.1) is 17.5 Å². The van der Waals surface area contributed by atoms with Crippen LogP contribution in [0.5, 0.6) is 0 Å². The van der Waals surface area contributed by atoms with Gasteiger partial charge < -0.3 is 0 Å². The zero-order chi connectivity index (χ0) is 11.7. The van der Waals surface area contributed by atoms with E-state index in [0.717, 1.165) is 14.9 Å². The molecule has 0 saturated heterocycles. The van der Waals surface area contributed by atoms with Crippen LogP contribution in [0.3, 0.4) is 0 Å². The van der Waals surface area contributed by atoms with Crippen molar-refractivity contribution in [3.8, 4) is 0 Å². The third-order valence-electron chi connectivity index (χ3n) is 2.40. The molecular formula is C10H13F2N3S. The van der Waals surface area contributed by atoms with Crippen molar-refractivity contribution in [2.24, 2.45) is 5.10 Å². The predicted molar refractivity (Wildman–Crippen MR) is 60.1 cm³/mol. The molecule has 6 heteroatoms. The van der Waals surface area contributed by atoms with Crippen LogP contribution in [-0.2, 0) is 0 Å². The largest absolute Gasteiger partial charge is 0.329 e. The molecule has 0 spiro atoms. The minimum atomic E-state index is -2.52. The normalized spacial score (nSPS) is 20.4. The molecule has 1 aliphatic rings. The summed E-state index contributed by atoms with van der Waals surface area (Å²) in [6.45, 7) is 1.86. The first-order valence-corrected chi connectivity index (χ1v) is 5.94. The fraction of sp³-hybridized carbons (Fsp3) is 0.600. The Labute approximate surface area is 96.8 Å². The van der Waals surface area contributed by atoms with E-state index >= 15 is 0 Å². The lowest BCUT2D eigenvalue weighted by atomic mass is 10.1. The molecule has 1 atom stereocenters. The third kappa shape index (κ3) is 2.21. The molecule has 0 N–H and O–H groups in total. The fourth-order valence-corrected chi connectivity index (χ4v) is 2.47. The first kappa shape index (κ1) is 11.4. The highest BCUT2D eigenvalue weighted by Gasteiger charge is 2.26. The average Bonchev–Trinajstić information content (AvgIpc) is 2.86. The molecule has 0 amide bonds. The number of hydrogen-bond acceptors (Lipinski definition) is 4. The molecule has 88 valence electrons. The first-order valence-electron chi connectivity index (χ1n) is 5.12. The fourth-order valence-electron chi connectivity index (χ4n) is 1.49. The van der Waals surface area contributed by atoms with Gasteiger partial charge in [0.25, 0.3) is 0 Å². The molecule has 3 nitrogen and oxygen atoms in total. The SMILES string of the molecule is CC(C)c1ncc(C2C=NN(C(F)F)C2)s1. The first-order chi connectivity index (χ1) is 7.58. The van der Waals surface area contributed by atoms with Gasteiger partial charge in [0.15, 0.2) is 0 Å². The van der Waals surface area contributed by atoms with Crippen LogP contribution in [0.15, 0.2) is 11.3 Å². The number of hydrogen-bond donors (Lipinski definition) is 0. The summed E-state index contributed by atoms with van der Waals surface area (Å²) in [5.74, 6) is 0.335. The van der Waals surface area contributed by atoms with E-state index in [0.29, 0.717) is 5.92 Å². The maximum absolute atomic E-state index is 12.4. The summed E-state index contributed by atoms with van der Waals surface area (Å²) in [6.07, 6.45) is 3.34. The molecule has 1 aromatic heterocycles. The topological polar surface area (TPSA) is 28.5 Å². The van der Waals surface area contributed by atoms with Crippen molar-refractivity contribution in [2.45, 2.75) is 32.2 Å². The highest BCUT2D eigenvalue weighted by atomic mass is 32.1. The molecule has 0 saturated carbocycles. The smallest absolute Gasteiger partial charge is 0.249 e. The van der Waals surface area contributed by atoms with E-state index in [1.54, 1.807) is 23.7 Å². The van der Waals surface area contributed by atoms with Gasteiger partial charge in [-0.2, -0.15) is 13.9 Å². The van der Waals surface area contributed by atoms with Gasteiger partial charge in [-0.15, -0.1) is 11.3 Å². The van der Waals surface area contributed by atoms with E-state index in [2.05, 4.69) is 23.9 Å². The second-order valence-corrected chi connectivity index (χ2v) is 5.12. The number of alkyl halides is 2. The molecular weight excluding hydrogens is 232 g/mol. The van der Waals surface area contributed by atoms with E-state index in [1.807, 2.05) is 0 Å². The Balaban J connectivity index is 2.07. The van der Waals surface area contributed by atoms with Gasteiger partial charge in [-0.25, -0.2) is 9.99 Å². The molecule has 1 aliphatic heterocycles. The van der Waals surface area contributed by atoms with Crippen LogP contribution in [0.25, 0.3) is 0 Å². The molecule has 0 aliphatic carbocycles. The molecule has 2 heterocycles. The maximum atomic E-state index is 12.4. The Morgan fingerprint density at radius 2 is 2.25 bits per heavy atom. The second kappa shape index (κ2) is 4.45. The Bertz CT molecular complexity index is 389. The lowest BCUT2D eigenvalue weighted by Crippen LogP contribution is -2.22. The van der Waals surface area contributed by atoms with E-state index < -0.39 is 6.55 Å². The van der Waals surface area contributed by atoms with Crippen molar-refractivity contribution in [1.82, 2.24) is 9.99 Å². The summed E-state index contributed by atoms with van der Waals surface area (Å²) >= 11 is 1.58. The Kier molecular flexibility index (Phi) is 3.18. The van der Waals surface area contributed by atoms with Crippen molar-refractivity contribution in [2.75, 3.05) is 6.54 Å². The molecule has 0 bridgehead atoms. The van der Waals surface area contributed by atoms with E-state index in [1.165, 1.54) is 0 Å². The summed E-state index contributed by atoms with van der Waals surface area (Å²) in [4.78, 5) is 5.29. The summed E-state index contributed by atoms with van der Waals surface area (Å²) in [5.41, 5.74) is 0. The standard InChI is InChI=1S/C10H13F2N3S/c1-6(2)9-13-4-8(16-9)7-3-14-15(5-7)10(11)12/h3-4,6-7,10H,5H2,1-2H3. The quantitative estimate of drug-likeness (QED) is 0.766. The number of aromatic nitrogens is 1. The summed E-state index contributed by atoms with van der Waals surface area (Å²) < 4.78 is 24.7. The second-order valence-electron chi connectivity index (χ2n) is 4.03. The highest BCUT2D eigenvalue weighted by Crippen LogP contribution is 2.29. The zero-order valence-corrected chi connectivity index (χ0v) is 9.92. The lowest BCUT2D eigenvalue weighted by Gasteiger charge is -2.13. The van der Waals surface area contributed by atoms with Crippen LogP contribution in [0.2, 0.25) is 0 Å². The van der Waals surface area contributed by atoms with Gasteiger partial charge in [0, 0.05) is 23.2 Å². The summed E-state index contributed by atoms with van der Waals surface area (Å²) in [6, 6.07) is 0. The van der Waals surface area contributed by atoms with Crippen LogP contribution in [0.1, 0.15) is 35.6 Å². The lowest BCUT2D eigenvalue weighted by molar-refractivity contribution is -0.0194. The summed E-state index contributed by atoms with van der Waals surface area (Å²) in [7, 11) is 0. The molecule has 0 aromatic carbocycles. The highest BCUT2D eigenvalue weighted by molar-refractivity contribution is 7.11. The van der Waals surface area contributed by atoms with E-state index in [9.17, 15) is 8.78 Å². The average molecular weight is 245 g/mol. The number of rotatable bonds is 3. The molecule has 1 aromatic rings. The van der Waals surface area contributed by atoms with E-state index in [4.69, 9.17) is 0 Å². The third-order valence-corrected chi connectivity index (χ3v) is 3.83. The van der Waals surface area contributed by atoms with Gasteiger partial charge in [0.2, 0.25) is 0 Å². The maximum Gasteiger partial charge on any atom is 0.329 e. The Morgan fingerprint density at radius 1 is 1.50 bits per heavy atom. The van der Waals surface area contributed by atoms with Gasteiger partial charge in [-0.1, -0.05) is 13.8 Å². The van der Waals surface area contributed by atoms with Crippen molar-refractivity contribution < 1.29 is 8.78 Å². The van der Waals surface area contributed by atoms with Crippen LogP contribution in [0.4, 0.5) is 8.78 Å². The molecule has 0 fully saturated rings. The van der Waals surface area contributed by atoms with Gasteiger partial charge >= 0.3 is 6.55 Å². The predicted octanol–water partition coefficient (Wildman–Crippen LogP) is 2.87. The minimum Gasteiger partial charge on any atom is -0.249 e. The van der Waals surface area contributed by atoms with E-state index in [-0.39, 0.29) is 12.5 Å². The molecule has 1 unspecified atom stereocenters. The number of nitrogens with zero attached hydrogens (tertiary/aromatic N) is 3. The molecule has 0 radical (unpaired) electrons. The number of hydrazone groups is 1. The number of halogens is 2. The molecule has 2 rings (SSSR count). The van der Waals surface area contributed by atoms with Crippen LogP contribution in [0, 0.1) is 0 Å². The van der Waals surface area contributed by atoms with Crippen molar-refractivity contribution in [3.05, 3.63) is 16.1 Å². The summed E-state index contributed by atoms with van der Waals surface area (Å²) in [5, 5.41) is 5.53. The van der Waals surface area contributed by atoms with Crippen LogP contribution >= 0.6 is 11.3 Å². The monoisotopic (exact) mass is 245 g/mol. The van der Waals surface area contributed by atoms with Crippen LogP contribution < -0.4 is 0 Å². The Hall–Kier alpha value is -1.04. The van der Waals surface area contributed by atoms with Crippen LogP contribution in [-0.4, -0.2) is 29.3 Å². The van der Waals surface area contributed by atoms with Gasteiger partial charge in [-0.3, -0.25) is 0 Å². The van der Waals surface area contributed by atoms with Gasteiger partial charge in [0.1, 0.15) is 0 Å².